The van der Waals surface area contributed by atoms with E-state index < -0.39 is 0 Å². The summed E-state index contributed by atoms with van der Waals surface area (Å²) < 4.78 is 5.54. The number of fused-ring (bicyclic) bond motifs is 1. The number of hydrazone groups is 1. The number of nitrogens with one attached hydrogen (secondary N) is 1. The van der Waals surface area contributed by atoms with Gasteiger partial charge >= 0.3 is 0 Å². The van der Waals surface area contributed by atoms with Gasteiger partial charge in [0, 0.05) is 17.5 Å². The van der Waals surface area contributed by atoms with E-state index >= 15 is 0 Å². The number of Topliss-reactive ketones (excluding diaryl/α,β-unsaturated/α-hetero) is 1. The maximum atomic E-state index is 12.6. The summed E-state index contributed by atoms with van der Waals surface area (Å²) in [5, 5.41) is 14.8. The van der Waals surface area contributed by atoms with Crippen LogP contribution >= 0.6 is 0 Å². The summed E-state index contributed by atoms with van der Waals surface area (Å²) in [6.45, 7) is 2.55. The summed E-state index contributed by atoms with van der Waals surface area (Å²) in [7, 11) is 0. The molecule has 1 aliphatic heterocycles. The Labute approximate surface area is 145 Å². The molecule has 5 heteroatoms. The predicted octanol–water partition coefficient (Wildman–Crippen LogP) is 3.64. The molecule has 0 aromatic heterocycles. The van der Waals surface area contributed by atoms with E-state index in [9.17, 15) is 9.90 Å². The lowest BCUT2D eigenvalue weighted by atomic mass is 9.97. The van der Waals surface area contributed by atoms with Crippen molar-refractivity contribution in [3.63, 3.8) is 0 Å². The molecule has 0 bridgehead atoms. The largest absolute Gasteiger partial charge is 0.506 e. The van der Waals surface area contributed by atoms with Crippen LogP contribution in [0.25, 0.3) is 5.76 Å². The molecule has 2 N–H and O–H groups in total. The molecule has 5 nitrogen and oxygen atoms in total. The topological polar surface area (TPSA) is 70.9 Å². The fourth-order valence-corrected chi connectivity index (χ4v) is 3.31. The Hall–Kier alpha value is -3.08. The van der Waals surface area contributed by atoms with Gasteiger partial charge in [-0.2, -0.15) is 5.10 Å². The molecular weight excluding hydrogens is 316 g/mol. The molecule has 1 unspecified atom stereocenters. The molecule has 0 saturated heterocycles. The lowest BCUT2D eigenvalue weighted by molar-refractivity contribution is 0.104. The van der Waals surface area contributed by atoms with E-state index in [-0.39, 0.29) is 17.6 Å². The van der Waals surface area contributed by atoms with Crippen molar-refractivity contribution in [2.45, 2.75) is 19.4 Å². The average molecular weight is 334 g/mol. The zero-order valence-electron chi connectivity index (χ0n) is 13.8. The third kappa shape index (κ3) is 2.58. The Morgan fingerprint density at radius 1 is 1.20 bits per heavy atom. The van der Waals surface area contributed by atoms with Crippen LogP contribution in [0, 0.1) is 0 Å². The summed E-state index contributed by atoms with van der Waals surface area (Å²) in [4.78, 5) is 12.6. The van der Waals surface area contributed by atoms with Gasteiger partial charge in [-0.1, -0.05) is 36.4 Å². The Morgan fingerprint density at radius 2 is 2.00 bits per heavy atom. The summed E-state index contributed by atoms with van der Waals surface area (Å²) >= 11 is 0. The van der Waals surface area contributed by atoms with Gasteiger partial charge in [0.25, 0.3) is 0 Å². The minimum absolute atomic E-state index is 0.0184. The number of carbonyl (C=O) groups excluding carboxylic acids is 1. The molecule has 2 aromatic carbocycles. The number of hydrogen-bond acceptors (Lipinski definition) is 5. The normalized spacial score (nSPS) is 18.8. The van der Waals surface area contributed by atoms with Crippen molar-refractivity contribution in [3.05, 3.63) is 70.8 Å². The van der Waals surface area contributed by atoms with Gasteiger partial charge in [-0.15, -0.1) is 0 Å². The Balaban J connectivity index is 1.58. The van der Waals surface area contributed by atoms with Crippen LogP contribution in [-0.2, 0) is 0 Å². The second kappa shape index (κ2) is 6.09. The fraction of sp³-hybridized carbons (Fsp3) is 0.200. The van der Waals surface area contributed by atoms with Crippen molar-refractivity contribution in [1.82, 2.24) is 5.43 Å². The number of hydrogen-bond donors (Lipinski definition) is 2. The zero-order valence-corrected chi connectivity index (χ0v) is 13.8. The predicted molar refractivity (Wildman–Crippen MR) is 95.9 cm³/mol. The maximum absolute atomic E-state index is 12.6. The van der Waals surface area contributed by atoms with E-state index in [0.29, 0.717) is 35.4 Å². The number of benzene rings is 2. The monoisotopic (exact) mass is 334 g/mol. The highest BCUT2D eigenvalue weighted by Gasteiger charge is 2.35. The highest BCUT2D eigenvalue weighted by atomic mass is 16.5. The average Bonchev–Trinajstić information content (AvgIpc) is 3.20. The second-order valence-electron chi connectivity index (χ2n) is 6.05. The van der Waals surface area contributed by atoms with Crippen molar-refractivity contribution in [2.24, 2.45) is 5.10 Å². The maximum Gasteiger partial charge on any atom is 0.199 e. The number of ketones is 1. The molecule has 25 heavy (non-hydrogen) atoms. The number of aliphatic hydroxyl groups excluding tert-OH is 1. The van der Waals surface area contributed by atoms with Crippen LogP contribution in [0.4, 0.5) is 0 Å². The van der Waals surface area contributed by atoms with Crippen LogP contribution in [0.2, 0.25) is 0 Å². The molecule has 1 atom stereocenters. The highest BCUT2D eigenvalue weighted by molar-refractivity contribution is 6.35. The molecule has 1 heterocycles. The molecule has 2 aliphatic rings. The van der Waals surface area contributed by atoms with Gasteiger partial charge < -0.3 is 15.3 Å². The van der Waals surface area contributed by atoms with E-state index in [4.69, 9.17) is 4.74 Å². The van der Waals surface area contributed by atoms with Crippen LogP contribution in [0.15, 0.2) is 59.2 Å². The van der Waals surface area contributed by atoms with Crippen LogP contribution in [0.1, 0.15) is 40.9 Å². The van der Waals surface area contributed by atoms with Crippen molar-refractivity contribution >= 4 is 17.3 Å². The molecule has 0 saturated carbocycles. The lowest BCUT2D eigenvalue weighted by Gasteiger charge is -2.12. The first-order chi connectivity index (χ1) is 12.2. The first-order valence-electron chi connectivity index (χ1n) is 8.31. The Morgan fingerprint density at radius 3 is 2.76 bits per heavy atom. The number of allylic oxidation sites excluding steroid dienone is 1. The van der Waals surface area contributed by atoms with Gasteiger partial charge in [0.1, 0.15) is 11.5 Å². The van der Waals surface area contributed by atoms with Crippen LogP contribution < -0.4 is 10.2 Å². The van der Waals surface area contributed by atoms with Crippen molar-refractivity contribution in [3.8, 4) is 5.75 Å². The van der Waals surface area contributed by atoms with Gasteiger partial charge in [0.2, 0.25) is 0 Å². The zero-order chi connectivity index (χ0) is 17.4. The highest BCUT2D eigenvalue weighted by Crippen LogP contribution is 2.35. The minimum atomic E-state index is -0.169. The standard InChI is InChI=1S/C20H18N2O3/c1-2-25-13-7-5-6-12(10-13)16-11-17(22-21-16)18-19(23)14-8-3-4-9-15(14)20(18)24/h3-10,16,21,23H,2,11H2,1H3. The Bertz CT molecular complexity index is 915. The van der Waals surface area contributed by atoms with Crippen LogP contribution in [0.5, 0.6) is 5.75 Å². The van der Waals surface area contributed by atoms with E-state index in [1.807, 2.05) is 37.3 Å². The molecule has 0 spiro atoms. The molecule has 0 amide bonds. The van der Waals surface area contributed by atoms with E-state index in [0.717, 1.165) is 11.3 Å². The number of rotatable bonds is 4. The SMILES string of the molecule is CCOc1cccc(C2CC(C3=C(O)c4ccccc4C3=O)=NN2)c1. The molecule has 126 valence electrons. The molecule has 0 radical (unpaired) electrons. The van der Waals surface area contributed by atoms with Gasteiger partial charge in [0.15, 0.2) is 5.78 Å². The molecule has 0 fully saturated rings. The number of nitrogens with zero attached hydrogens (tertiary/aromatic N) is 1. The third-order valence-corrected chi connectivity index (χ3v) is 4.50. The van der Waals surface area contributed by atoms with Crippen LogP contribution in [-0.4, -0.2) is 23.2 Å². The first kappa shape index (κ1) is 15.4. The quantitative estimate of drug-likeness (QED) is 0.895. The van der Waals surface area contributed by atoms with Crippen molar-refractivity contribution in [1.29, 1.82) is 0 Å². The minimum Gasteiger partial charge on any atom is -0.506 e. The van der Waals surface area contributed by atoms with Crippen molar-refractivity contribution < 1.29 is 14.6 Å². The van der Waals surface area contributed by atoms with Crippen molar-refractivity contribution in [2.75, 3.05) is 6.61 Å². The van der Waals surface area contributed by atoms with Gasteiger partial charge in [0.05, 0.1) is 23.9 Å². The van der Waals surface area contributed by atoms with Gasteiger partial charge in [-0.25, -0.2) is 0 Å². The Kier molecular flexibility index (Phi) is 3.76. The summed E-state index contributed by atoms with van der Waals surface area (Å²) in [5.74, 6) is 0.656. The fourth-order valence-electron chi connectivity index (χ4n) is 3.31. The van der Waals surface area contributed by atoms with E-state index in [1.165, 1.54) is 0 Å². The lowest BCUT2D eigenvalue weighted by Crippen LogP contribution is -2.12. The smallest absolute Gasteiger partial charge is 0.199 e. The summed E-state index contributed by atoms with van der Waals surface area (Å²) in [6, 6.07) is 14.9. The molecule has 4 rings (SSSR count). The molecule has 2 aromatic rings. The second-order valence-corrected chi connectivity index (χ2v) is 6.05. The van der Waals surface area contributed by atoms with E-state index in [2.05, 4.69) is 10.5 Å². The summed E-state index contributed by atoms with van der Waals surface area (Å²) in [5.41, 5.74) is 6.10. The number of carbonyl (C=O) groups is 1. The number of ether oxygens (including phenoxy) is 1. The third-order valence-electron chi connectivity index (χ3n) is 4.50. The van der Waals surface area contributed by atoms with Gasteiger partial charge in [-0.05, 0) is 24.6 Å². The summed E-state index contributed by atoms with van der Waals surface area (Å²) in [6.07, 6.45) is 0.536. The molecular formula is C20H18N2O3. The van der Waals surface area contributed by atoms with Gasteiger partial charge in [-0.3, -0.25) is 4.79 Å². The van der Waals surface area contributed by atoms with E-state index in [1.54, 1.807) is 18.2 Å². The molecule has 1 aliphatic carbocycles. The first-order valence-corrected chi connectivity index (χ1v) is 8.31. The number of aliphatic hydroxyl groups is 1. The van der Waals surface area contributed by atoms with Crippen LogP contribution in [0.3, 0.4) is 0 Å².